The molecule has 1 aromatic heterocycles. The molecule has 0 unspecified atom stereocenters. The number of anilines is 2. The lowest BCUT2D eigenvalue weighted by atomic mass is 9.93. The summed E-state index contributed by atoms with van der Waals surface area (Å²) in [7, 11) is 0. The van der Waals surface area contributed by atoms with Crippen LogP contribution >= 0.6 is 0 Å². The number of amides is 1. The molecule has 4 rings (SSSR count). The summed E-state index contributed by atoms with van der Waals surface area (Å²) < 4.78 is 18.9. The monoisotopic (exact) mass is 392 g/mol. The lowest BCUT2D eigenvalue weighted by Gasteiger charge is -2.13. The zero-order valence-corrected chi connectivity index (χ0v) is 16.0. The molecule has 0 atom stereocenters. The number of carbonyl (C=O) groups is 1. The zero-order chi connectivity index (χ0) is 20.2. The van der Waals surface area contributed by atoms with Crippen LogP contribution in [0.1, 0.15) is 40.3 Å². The van der Waals surface area contributed by atoms with Crippen molar-refractivity contribution in [1.29, 1.82) is 0 Å². The highest BCUT2D eigenvalue weighted by Gasteiger charge is 2.28. The van der Waals surface area contributed by atoms with Crippen molar-refractivity contribution in [2.75, 3.05) is 10.9 Å². The Labute approximate surface area is 167 Å². The first kappa shape index (κ1) is 18.7. The Morgan fingerprint density at radius 2 is 1.79 bits per heavy atom. The van der Waals surface area contributed by atoms with E-state index >= 15 is 0 Å². The lowest BCUT2D eigenvalue weighted by molar-refractivity contribution is 0.0932. The molecule has 1 heterocycles. The molecule has 148 valence electrons. The molecule has 2 aromatic carbocycles. The number of fused-ring (bicyclic) bond motifs is 1. The van der Waals surface area contributed by atoms with Gasteiger partial charge in [0.1, 0.15) is 11.6 Å². The van der Waals surface area contributed by atoms with Crippen molar-refractivity contribution >= 4 is 23.0 Å². The predicted octanol–water partition coefficient (Wildman–Crippen LogP) is 4.64. The van der Waals surface area contributed by atoms with E-state index in [4.69, 9.17) is 4.42 Å². The number of para-hydroxylation sites is 1. The number of rotatable bonds is 5. The third-order valence-corrected chi connectivity index (χ3v) is 4.79. The second kappa shape index (κ2) is 8.18. The van der Waals surface area contributed by atoms with Crippen molar-refractivity contribution in [2.24, 2.45) is 5.10 Å². The number of furan rings is 1. The van der Waals surface area contributed by atoms with Gasteiger partial charge in [-0.15, -0.1) is 0 Å². The summed E-state index contributed by atoms with van der Waals surface area (Å²) >= 11 is 0. The smallest absolute Gasteiger partial charge is 0.305 e. The summed E-state index contributed by atoms with van der Waals surface area (Å²) in [6, 6.07) is 15.4. The Bertz CT molecular complexity index is 1040. The van der Waals surface area contributed by atoms with Crippen LogP contribution in [0.3, 0.4) is 0 Å². The zero-order valence-electron chi connectivity index (χ0n) is 16.0. The SMILES string of the molecule is Cc1c(C(=O)NNc2ccccc2)oc2c1/C(=N/Nc1ccc(F)cc1)CCC2. The number of hydrogen-bond donors (Lipinski definition) is 3. The number of nitrogens with zero attached hydrogens (tertiary/aromatic N) is 1. The molecule has 0 spiro atoms. The van der Waals surface area contributed by atoms with E-state index in [1.54, 1.807) is 12.1 Å². The molecule has 0 bridgehead atoms. The molecular formula is C22H21FN4O2. The lowest BCUT2D eigenvalue weighted by Crippen LogP contribution is -2.29. The van der Waals surface area contributed by atoms with Crippen LogP contribution in [0.2, 0.25) is 0 Å². The fourth-order valence-electron chi connectivity index (χ4n) is 3.36. The van der Waals surface area contributed by atoms with Gasteiger partial charge >= 0.3 is 5.91 Å². The fraction of sp³-hybridized carbons (Fsp3) is 0.182. The van der Waals surface area contributed by atoms with Gasteiger partial charge in [-0.25, -0.2) is 4.39 Å². The first-order valence-corrected chi connectivity index (χ1v) is 9.44. The third kappa shape index (κ3) is 4.13. The molecule has 1 aliphatic rings. The van der Waals surface area contributed by atoms with Gasteiger partial charge in [0.05, 0.1) is 17.1 Å². The summed E-state index contributed by atoms with van der Waals surface area (Å²) in [6.45, 7) is 1.86. The van der Waals surface area contributed by atoms with E-state index in [1.807, 2.05) is 37.3 Å². The second-order valence-electron chi connectivity index (χ2n) is 6.83. The number of halogens is 1. The molecule has 0 saturated heterocycles. The first-order chi connectivity index (χ1) is 14.1. The Hall–Kier alpha value is -3.61. The van der Waals surface area contributed by atoms with Crippen molar-refractivity contribution in [3.63, 3.8) is 0 Å². The summed E-state index contributed by atoms with van der Waals surface area (Å²) in [5, 5.41) is 4.49. The Morgan fingerprint density at radius 3 is 2.55 bits per heavy atom. The van der Waals surface area contributed by atoms with Crippen molar-refractivity contribution in [3.05, 3.63) is 83.1 Å². The van der Waals surface area contributed by atoms with E-state index in [0.29, 0.717) is 5.69 Å². The molecule has 0 fully saturated rings. The Kier molecular flexibility index (Phi) is 5.29. The molecule has 29 heavy (non-hydrogen) atoms. The largest absolute Gasteiger partial charge is 0.455 e. The molecule has 6 nitrogen and oxygen atoms in total. The Morgan fingerprint density at radius 1 is 1.03 bits per heavy atom. The first-order valence-electron chi connectivity index (χ1n) is 9.44. The van der Waals surface area contributed by atoms with Crippen molar-refractivity contribution in [2.45, 2.75) is 26.2 Å². The number of hydrazone groups is 1. The van der Waals surface area contributed by atoms with Crippen molar-refractivity contribution in [1.82, 2.24) is 5.43 Å². The van der Waals surface area contributed by atoms with Crippen LogP contribution in [0, 0.1) is 12.7 Å². The molecule has 0 saturated carbocycles. The maximum absolute atomic E-state index is 13.1. The van der Waals surface area contributed by atoms with Gasteiger partial charge in [-0.2, -0.15) is 5.10 Å². The van der Waals surface area contributed by atoms with Crippen LogP contribution in [-0.2, 0) is 6.42 Å². The van der Waals surface area contributed by atoms with Crippen LogP contribution in [0.5, 0.6) is 0 Å². The molecule has 7 heteroatoms. The molecular weight excluding hydrogens is 371 g/mol. The highest BCUT2D eigenvalue weighted by molar-refractivity contribution is 6.06. The van der Waals surface area contributed by atoms with E-state index in [2.05, 4.69) is 21.4 Å². The van der Waals surface area contributed by atoms with E-state index in [0.717, 1.165) is 47.5 Å². The van der Waals surface area contributed by atoms with Crippen LogP contribution in [0.25, 0.3) is 0 Å². The molecule has 3 N–H and O–H groups in total. The van der Waals surface area contributed by atoms with Gasteiger partial charge in [0, 0.05) is 17.5 Å². The topological polar surface area (TPSA) is 78.7 Å². The summed E-state index contributed by atoms with van der Waals surface area (Å²) in [4.78, 5) is 12.6. The number of hydrogen-bond acceptors (Lipinski definition) is 5. The third-order valence-electron chi connectivity index (χ3n) is 4.79. The minimum atomic E-state index is -0.341. The summed E-state index contributed by atoms with van der Waals surface area (Å²) in [6.07, 6.45) is 2.41. The van der Waals surface area contributed by atoms with Gasteiger partial charge in [-0.05, 0) is 56.2 Å². The molecule has 1 amide bonds. The molecule has 3 aromatic rings. The van der Waals surface area contributed by atoms with Crippen LogP contribution in [0.4, 0.5) is 15.8 Å². The summed E-state index contributed by atoms with van der Waals surface area (Å²) in [5.41, 5.74) is 12.4. The van der Waals surface area contributed by atoms with Crippen molar-refractivity contribution in [3.8, 4) is 0 Å². The maximum Gasteiger partial charge on any atom is 0.305 e. The molecule has 0 radical (unpaired) electrons. The van der Waals surface area contributed by atoms with Gasteiger partial charge in [-0.3, -0.25) is 21.1 Å². The number of carbonyl (C=O) groups excluding carboxylic acids is 1. The van der Waals surface area contributed by atoms with Gasteiger partial charge < -0.3 is 4.42 Å². The second-order valence-corrected chi connectivity index (χ2v) is 6.83. The van der Waals surface area contributed by atoms with Crippen LogP contribution < -0.4 is 16.3 Å². The normalized spacial score (nSPS) is 14.3. The quantitative estimate of drug-likeness (QED) is 0.553. The predicted molar refractivity (Wildman–Crippen MR) is 110 cm³/mol. The van der Waals surface area contributed by atoms with Gasteiger partial charge in [0.25, 0.3) is 0 Å². The summed E-state index contributed by atoms with van der Waals surface area (Å²) in [5.74, 6) is 0.397. The van der Waals surface area contributed by atoms with Crippen LogP contribution in [-0.4, -0.2) is 11.6 Å². The standard InChI is InChI=1S/C22H21FN4O2/c1-14-20-18(26-24-17-12-10-15(23)11-13-17)8-5-9-19(20)29-21(14)22(28)27-25-16-6-3-2-4-7-16/h2-4,6-7,10-13,24-25H,5,8-9H2,1H3,(H,27,28)/b26-18+. The van der Waals surface area contributed by atoms with Crippen LogP contribution in [0.15, 0.2) is 64.1 Å². The van der Waals surface area contributed by atoms with Gasteiger partial charge in [-0.1, -0.05) is 18.2 Å². The maximum atomic E-state index is 13.1. The number of nitrogens with one attached hydrogen (secondary N) is 3. The van der Waals surface area contributed by atoms with Crippen molar-refractivity contribution < 1.29 is 13.6 Å². The number of aryl methyl sites for hydroxylation is 1. The minimum Gasteiger partial charge on any atom is -0.455 e. The van der Waals surface area contributed by atoms with Gasteiger partial charge in [0.15, 0.2) is 5.76 Å². The van der Waals surface area contributed by atoms with E-state index in [9.17, 15) is 9.18 Å². The fourth-order valence-corrected chi connectivity index (χ4v) is 3.36. The Balaban J connectivity index is 1.53. The van der Waals surface area contributed by atoms with Gasteiger partial charge in [0.2, 0.25) is 0 Å². The highest BCUT2D eigenvalue weighted by Crippen LogP contribution is 2.30. The molecule has 0 aliphatic heterocycles. The van der Waals surface area contributed by atoms with E-state index in [1.165, 1.54) is 12.1 Å². The number of benzene rings is 2. The minimum absolute atomic E-state index is 0.273. The average molecular weight is 392 g/mol. The number of hydrazine groups is 1. The highest BCUT2D eigenvalue weighted by atomic mass is 19.1. The van der Waals surface area contributed by atoms with E-state index in [-0.39, 0.29) is 17.5 Å². The molecule has 1 aliphatic carbocycles. The average Bonchev–Trinajstić information content (AvgIpc) is 3.10. The van der Waals surface area contributed by atoms with E-state index < -0.39 is 0 Å².